The van der Waals surface area contributed by atoms with Gasteiger partial charge in [-0.15, -0.1) is 0 Å². The van der Waals surface area contributed by atoms with Crippen LogP contribution in [0.5, 0.6) is 0 Å². The number of hydrogen-bond donors (Lipinski definition) is 1. The molecule has 0 saturated heterocycles. The monoisotopic (exact) mass is 395 g/mol. The highest BCUT2D eigenvalue weighted by molar-refractivity contribution is 7.54. The Labute approximate surface area is 161 Å². The number of rotatable bonds is 9. The first-order valence-electron chi connectivity index (χ1n) is 8.90. The molecule has 1 unspecified atom stereocenters. The molecule has 0 aliphatic heterocycles. The van der Waals surface area contributed by atoms with Gasteiger partial charge in [0, 0.05) is 10.7 Å². The van der Waals surface area contributed by atoms with Crippen molar-refractivity contribution in [1.82, 2.24) is 0 Å². The van der Waals surface area contributed by atoms with E-state index in [1.807, 2.05) is 38.1 Å². The maximum atomic E-state index is 13.4. The summed E-state index contributed by atoms with van der Waals surface area (Å²) >= 11 is 6.01. The van der Waals surface area contributed by atoms with Crippen molar-refractivity contribution in [3.63, 3.8) is 0 Å². The van der Waals surface area contributed by atoms with Gasteiger partial charge < -0.3 is 14.4 Å². The first-order chi connectivity index (χ1) is 12.4. The lowest BCUT2D eigenvalue weighted by Crippen LogP contribution is -2.15. The minimum atomic E-state index is -3.42. The van der Waals surface area contributed by atoms with E-state index < -0.39 is 13.4 Å². The van der Waals surface area contributed by atoms with Gasteiger partial charge in [-0.25, -0.2) is 0 Å². The third-order valence-corrected chi connectivity index (χ3v) is 6.55. The van der Waals surface area contributed by atoms with Crippen LogP contribution in [0.4, 0.5) is 5.69 Å². The molecule has 0 spiro atoms. The molecule has 0 heterocycles. The maximum Gasteiger partial charge on any atom is 0.357 e. The van der Waals surface area contributed by atoms with E-state index in [0.29, 0.717) is 24.2 Å². The standard InChI is InChI=1S/C20H27ClNO3P/c1-5-24-26(23,25-6-2)20(17-7-11-18(21)12-8-17)22-19-13-9-16(10-14-19)15(3)4/h7-15,20,22H,5-6H2,1-4H3. The van der Waals surface area contributed by atoms with E-state index >= 15 is 0 Å². The summed E-state index contributed by atoms with van der Waals surface area (Å²) in [5.41, 5.74) is 2.90. The Morgan fingerprint density at radius 3 is 1.88 bits per heavy atom. The fourth-order valence-electron chi connectivity index (χ4n) is 2.66. The van der Waals surface area contributed by atoms with Crippen LogP contribution in [0, 0.1) is 0 Å². The van der Waals surface area contributed by atoms with Crippen molar-refractivity contribution >= 4 is 24.9 Å². The van der Waals surface area contributed by atoms with Crippen molar-refractivity contribution in [2.24, 2.45) is 0 Å². The van der Waals surface area contributed by atoms with E-state index in [4.69, 9.17) is 20.6 Å². The summed E-state index contributed by atoms with van der Waals surface area (Å²) in [4.78, 5) is 0. The fraction of sp³-hybridized carbons (Fsp3) is 0.400. The first kappa shape index (κ1) is 21.0. The highest BCUT2D eigenvalue weighted by atomic mass is 35.5. The third kappa shape index (κ3) is 5.34. The zero-order valence-electron chi connectivity index (χ0n) is 15.7. The minimum absolute atomic E-state index is 0.301. The molecule has 1 N–H and O–H groups in total. The van der Waals surface area contributed by atoms with Crippen LogP contribution < -0.4 is 5.32 Å². The lowest BCUT2D eigenvalue weighted by atomic mass is 10.0. The van der Waals surface area contributed by atoms with Gasteiger partial charge in [-0.2, -0.15) is 0 Å². The first-order valence-corrected chi connectivity index (χ1v) is 10.9. The topological polar surface area (TPSA) is 47.6 Å². The van der Waals surface area contributed by atoms with Gasteiger partial charge in [0.05, 0.1) is 13.2 Å². The second kappa shape index (κ2) is 9.57. The molecule has 0 aromatic heterocycles. The summed E-state index contributed by atoms with van der Waals surface area (Å²) in [6, 6.07) is 15.3. The van der Waals surface area contributed by atoms with Crippen molar-refractivity contribution in [2.45, 2.75) is 39.4 Å². The predicted octanol–water partition coefficient (Wildman–Crippen LogP) is 6.84. The number of halogens is 1. The molecule has 2 aromatic rings. The van der Waals surface area contributed by atoms with Gasteiger partial charge in [-0.3, -0.25) is 4.57 Å². The Morgan fingerprint density at radius 1 is 0.923 bits per heavy atom. The lowest BCUT2D eigenvalue weighted by molar-refractivity contribution is 0.214. The van der Waals surface area contributed by atoms with Crippen LogP contribution in [-0.2, 0) is 13.6 Å². The van der Waals surface area contributed by atoms with E-state index in [1.54, 1.807) is 12.1 Å². The van der Waals surface area contributed by atoms with Crippen molar-refractivity contribution in [3.8, 4) is 0 Å². The molecule has 6 heteroatoms. The van der Waals surface area contributed by atoms with Crippen molar-refractivity contribution < 1.29 is 13.6 Å². The van der Waals surface area contributed by atoms with Gasteiger partial charge in [-0.1, -0.05) is 49.7 Å². The Balaban J connectivity index is 2.39. The number of anilines is 1. The van der Waals surface area contributed by atoms with E-state index in [1.165, 1.54) is 5.56 Å². The molecule has 4 nitrogen and oxygen atoms in total. The van der Waals surface area contributed by atoms with Crippen LogP contribution in [0.25, 0.3) is 0 Å². The molecule has 26 heavy (non-hydrogen) atoms. The van der Waals surface area contributed by atoms with Crippen molar-refractivity contribution in [3.05, 3.63) is 64.7 Å². The van der Waals surface area contributed by atoms with Gasteiger partial charge in [0.1, 0.15) is 0 Å². The van der Waals surface area contributed by atoms with Crippen LogP contribution in [-0.4, -0.2) is 13.2 Å². The highest BCUT2D eigenvalue weighted by Crippen LogP contribution is 2.60. The zero-order chi connectivity index (χ0) is 19.2. The normalized spacial score (nSPS) is 13.0. The lowest BCUT2D eigenvalue weighted by Gasteiger charge is -2.28. The van der Waals surface area contributed by atoms with Crippen LogP contribution in [0.2, 0.25) is 5.02 Å². The average molecular weight is 396 g/mol. The summed E-state index contributed by atoms with van der Waals surface area (Å²) in [5, 5.41) is 3.96. The molecule has 1 atom stereocenters. The van der Waals surface area contributed by atoms with E-state index in [0.717, 1.165) is 11.3 Å². The van der Waals surface area contributed by atoms with Crippen molar-refractivity contribution in [2.75, 3.05) is 18.5 Å². The molecule has 0 bridgehead atoms. The fourth-order valence-corrected chi connectivity index (χ4v) is 4.72. The largest absolute Gasteiger partial charge is 0.368 e. The molecule has 0 amide bonds. The van der Waals surface area contributed by atoms with Crippen molar-refractivity contribution in [1.29, 1.82) is 0 Å². The summed E-state index contributed by atoms with van der Waals surface area (Å²) in [6.45, 7) is 8.52. The SMILES string of the molecule is CCOP(=O)(OCC)C(Nc1ccc(C(C)C)cc1)c1ccc(Cl)cc1. The molecule has 0 aliphatic carbocycles. The second-order valence-corrected chi connectivity index (χ2v) is 8.80. The van der Waals surface area contributed by atoms with Crippen LogP contribution >= 0.6 is 19.2 Å². The molecule has 0 fully saturated rings. The van der Waals surface area contributed by atoms with Gasteiger partial charge in [0.2, 0.25) is 0 Å². The minimum Gasteiger partial charge on any atom is -0.368 e. The van der Waals surface area contributed by atoms with Crippen LogP contribution in [0.15, 0.2) is 48.5 Å². The molecule has 0 saturated carbocycles. The quantitative estimate of drug-likeness (QED) is 0.472. The second-order valence-electron chi connectivity index (χ2n) is 6.25. The molecule has 0 aliphatic rings. The molecule has 2 rings (SSSR count). The number of hydrogen-bond acceptors (Lipinski definition) is 4. The Morgan fingerprint density at radius 2 is 1.42 bits per heavy atom. The van der Waals surface area contributed by atoms with Crippen LogP contribution in [0.3, 0.4) is 0 Å². The third-order valence-electron chi connectivity index (χ3n) is 4.00. The van der Waals surface area contributed by atoms with Gasteiger partial charge >= 0.3 is 7.60 Å². The van der Waals surface area contributed by atoms with Gasteiger partial charge in [0.25, 0.3) is 0 Å². The summed E-state index contributed by atoms with van der Waals surface area (Å²) in [6.07, 6.45) is 0. The molecular weight excluding hydrogens is 369 g/mol. The Bertz CT molecular complexity index is 722. The summed E-state index contributed by atoms with van der Waals surface area (Å²) in [5.74, 6) is -0.168. The Hall–Kier alpha value is -1.32. The average Bonchev–Trinajstić information content (AvgIpc) is 2.61. The van der Waals surface area contributed by atoms with Gasteiger partial charge in [0.15, 0.2) is 5.78 Å². The van der Waals surface area contributed by atoms with E-state index in [9.17, 15) is 4.57 Å². The van der Waals surface area contributed by atoms with E-state index in [2.05, 4.69) is 31.3 Å². The number of benzene rings is 2. The maximum absolute atomic E-state index is 13.4. The molecule has 2 aromatic carbocycles. The molecule has 0 radical (unpaired) electrons. The van der Waals surface area contributed by atoms with Gasteiger partial charge in [-0.05, 0) is 55.2 Å². The molecular formula is C20H27ClNO3P. The zero-order valence-corrected chi connectivity index (χ0v) is 17.4. The highest BCUT2D eigenvalue weighted by Gasteiger charge is 2.37. The smallest absolute Gasteiger partial charge is 0.357 e. The van der Waals surface area contributed by atoms with E-state index in [-0.39, 0.29) is 0 Å². The summed E-state index contributed by atoms with van der Waals surface area (Å²) in [7, 11) is -3.42. The number of nitrogens with one attached hydrogen (secondary N) is 1. The Kier molecular flexibility index (Phi) is 7.72. The summed E-state index contributed by atoms with van der Waals surface area (Å²) < 4.78 is 24.6. The predicted molar refractivity (Wildman–Crippen MR) is 109 cm³/mol. The molecule has 142 valence electrons. The van der Waals surface area contributed by atoms with Crippen LogP contribution in [0.1, 0.15) is 50.5 Å².